The molecule has 154 valence electrons. The maximum absolute atomic E-state index is 13.1. The van der Waals surface area contributed by atoms with E-state index in [-0.39, 0.29) is 0 Å². The number of piperidine rings is 1. The highest BCUT2D eigenvalue weighted by atomic mass is 16.2. The van der Waals surface area contributed by atoms with Gasteiger partial charge in [-0.2, -0.15) is 0 Å². The number of hydrogen-bond donors (Lipinski definition) is 0. The van der Waals surface area contributed by atoms with Gasteiger partial charge in [0.2, 0.25) is 5.91 Å². The van der Waals surface area contributed by atoms with Crippen molar-refractivity contribution in [2.24, 2.45) is 5.92 Å². The van der Waals surface area contributed by atoms with Gasteiger partial charge >= 0.3 is 0 Å². The SMILES string of the molecule is Cc1ccccc1N1CCN(C2CCCN(C(=O)C3CCCCCC3)C2)CC1. The molecule has 3 aliphatic rings. The smallest absolute Gasteiger partial charge is 0.225 e. The molecule has 2 aliphatic heterocycles. The van der Waals surface area contributed by atoms with E-state index in [4.69, 9.17) is 0 Å². The number of rotatable bonds is 3. The third-order valence-electron chi connectivity index (χ3n) is 7.20. The Morgan fingerprint density at radius 1 is 0.857 bits per heavy atom. The van der Waals surface area contributed by atoms with Crippen LogP contribution in [0.15, 0.2) is 24.3 Å². The van der Waals surface area contributed by atoms with E-state index in [0.717, 1.165) is 52.1 Å². The van der Waals surface area contributed by atoms with Crippen molar-refractivity contribution in [1.29, 1.82) is 0 Å². The van der Waals surface area contributed by atoms with Gasteiger partial charge in [-0.25, -0.2) is 0 Å². The Morgan fingerprint density at radius 2 is 1.57 bits per heavy atom. The van der Waals surface area contributed by atoms with Crippen LogP contribution < -0.4 is 4.90 Å². The van der Waals surface area contributed by atoms with Gasteiger partial charge in [-0.1, -0.05) is 43.9 Å². The summed E-state index contributed by atoms with van der Waals surface area (Å²) in [6.07, 6.45) is 9.78. The quantitative estimate of drug-likeness (QED) is 0.736. The fourth-order valence-corrected chi connectivity index (χ4v) is 5.48. The second-order valence-electron chi connectivity index (χ2n) is 9.08. The lowest BCUT2D eigenvalue weighted by Gasteiger charge is -2.44. The van der Waals surface area contributed by atoms with Crippen LogP contribution in [0.25, 0.3) is 0 Å². The highest BCUT2D eigenvalue weighted by molar-refractivity contribution is 5.79. The van der Waals surface area contributed by atoms with Gasteiger partial charge in [0.05, 0.1) is 0 Å². The monoisotopic (exact) mass is 383 g/mol. The van der Waals surface area contributed by atoms with E-state index in [1.54, 1.807) is 0 Å². The molecule has 0 N–H and O–H groups in total. The molecule has 1 aromatic rings. The van der Waals surface area contributed by atoms with Crippen molar-refractivity contribution < 1.29 is 4.79 Å². The summed E-state index contributed by atoms with van der Waals surface area (Å²) < 4.78 is 0. The summed E-state index contributed by atoms with van der Waals surface area (Å²) in [5.74, 6) is 0.768. The van der Waals surface area contributed by atoms with E-state index in [2.05, 4.69) is 45.9 Å². The van der Waals surface area contributed by atoms with Gasteiger partial charge < -0.3 is 9.80 Å². The first kappa shape index (κ1) is 19.8. The number of benzene rings is 1. The van der Waals surface area contributed by atoms with Crippen LogP contribution in [0.2, 0.25) is 0 Å². The lowest BCUT2D eigenvalue weighted by molar-refractivity contribution is -0.138. The highest BCUT2D eigenvalue weighted by Crippen LogP contribution is 2.27. The number of para-hydroxylation sites is 1. The minimum absolute atomic E-state index is 0.305. The average molecular weight is 384 g/mol. The molecule has 1 aliphatic carbocycles. The molecule has 0 bridgehead atoms. The average Bonchev–Trinajstić information content (AvgIpc) is 3.03. The van der Waals surface area contributed by atoms with Crippen molar-refractivity contribution >= 4 is 11.6 Å². The zero-order valence-corrected chi connectivity index (χ0v) is 17.6. The van der Waals surface area contributed by atoms with Crippen LogP contribution in [0.3, 0.4) is 0 Å². The molecule has 0 aromatic heterocycles. The van der Waals surface area contributed by atoms with E-state index >= 15 is 0 Å². The molecule has 0 radical (unpaired) electrons. The molecule has 4 rings (SSSR count). The number of amides is 1. The predicted octanol–water partition coefficient (Wildman–Crippen LogP) is 4.08. The maximum Gasteiger partial charge on any atom is 0.225 e. The van der Waals surface area contributed by atoms with Crippen LogP contribution in [0, 0.1) is 12.8 Å². The summed E-state index contributed by atoms with van der Waals surface area (Å²) in [4.78, 5) is 20.5. The van der Waals surface area contributed by atoms with Crippen LogP contribution in [0.4, 0.5) is 5.69 Å². The first-order valence-electron chi connectivity index (χ1n) is 11.6. The summed E-state index contributed by atoms with van der Waals surface area (Å²) in [6, 6.07) is 9.28. The van der Waals surface area contributed by atoms with Crippen molar-refractivity contribution in [3.05, 3.63) is 29.8 Å². The van der Waals surface area contributed by atoms with Crippen molar-refractivity contribution in [2.45, 2.75) is 64.3 Å². The van der Waals surface area contributed by atoms with E-state index in [1.807, 2.05) is 0 Å². The molecule has 4 heteroatoms. The third-order valence-corrected chi connectivity index (χ3v) is 7.20. The molecule has 4 nitrogen and oxygen atoms in total. The Morgan fingerprint density at radius 3 is 2.29 bits per heavy atom. The summed E-state index contributed by atoms with van der Waals surface area (Å²) in [7, 11) is 0. The van der Waals surface area contributed by atoms with Crippen LogP contribution in [-0.2, 0) is 4.79 Å². The Bertz CT molecular complexity index is 645. The first-order chi connectivity index (χ1) is 13.7. The maximum atomic E-state index is 13.1. The van der Waals surface area contributed by atoms with Crippen molar-refractivity contribution in [3.8, 4) is 0 Å². The van der Waals surface area contributed by atoms with E-state index in [0.29, 0.717) is 17.9 Å². The molecule has 1 aromatic carbocycles. The van der Waals surface area contributed by atoms with Crippen LogP contribution in [0.1, 0.15) is 56.9 Å². The summed E-state index contributed by atoms with van der Waals surface area (Å²) in [5, 5.41) is 0. The molecule has 1 saturated carbocycles. The van der Waals surface area contributed by atoms with Gasteiger partial charge in [0, 0.05) is 56.9 Å². The molecule has 28 heavy (non-hydrogen) atoms. The minimum Gasteiger partial charge on any atom is -0.369 e. The van der Waals surface area contributed by atoms with Gasteiger partial charge in [-0.3, -0.25) is 9.69 Å². The summed E-state index contributed by atoms with van der Waals surface area (Å²) in [5.41, 5.74) is 2.75. The molecule has 2 heterocycles. The Hall–Kier alpha value is -1.55. The second kappa shape index (κ2) is 9.30. The lowest BCUT2D eigenvalue weighted by Crippen LogP contribution is -2.56. The van der Waals surface area contributed by atoms with Crippen LogP contribution in [0.5, 0.6) is 0 Å². The van der Waals surface area contributed by atoms with Crippen LogP contribution in [-0.4, -0.2) is 61.0 Å². The Kier molecular flexibility index (Phi) is 6.56. The van der Waals surface area contributed by atoms with E-state index in [1.165, 1.54) is 49.8 Å². The number of aryl methyl sites for hydroxylation is 1. The Labute approximate surface area is 170 Å². The standard InChI is InChI=1S/C24H37N3O/c1-20-9-6-7-13-23(20)26-17-15-25(16-18-26)22-12-8-14-27(19-22)24(28)21-10-4-2-3-5-11-21/h6-7,9,13,21-22H,2-5,8,10-12,14-19H2,1H3. The van der Waals surface area contributed by atoms with Crippen molar-refractivity contribution in [3.63, 3.8) is 0 Å². The van der Waals surface area contributed by atoms with Gasteiger partial charge in [0.15, 0.2) is 0 Å². The topological polar surface area (TPSA) is 26.8 Å². The molecule has 1 unspecified atom stereocenters. The number of carbonyl (C=O) groups is 1. The number of nitrogens with zero attached hydrogens (tertiary/aromatic N) is 3. The molecule has 3 fully saturated rings. The zero-order valence-electron chi connectivity index (χ0n) is 17.6. The molecular formula is C24H37N3O. The van der Waals surface area contributed by atoms with E-state index < -0.39 is 0 Å². The molecule has 2 saturated heterocycles. The summed E-state index contributed by atoms with van der Waals surface area (Å²) >= 11 is 0. The number of carbonyl (C=O) groups excluding carboxylic acids is 1. The fraction of sp³-hybridized carbons (Fsp3) is 0.708. The largest absolute Gasteiger partial charge is 0.369 e. The number of likely N-dealkylation sites (tertiary alicyclic amines) is 1. The highest BCUT2D eigenvalue weighted by Gasteiger charge is 2.32. The molecular weight excluding hydrogens is 346 g/mol. The number of piperazine rings is 1. The summed E-state index contributed by atoms with van der Waals surface area (Å²) in [6.45, 7) is 8.57. The van der Waals surface area contributed by atoms with Gasteiger partial charge in [0.1, 0.15) is 0 Å². The van der Waals surface area contributed by atoms with E-state index in [9.17, 15) is 4.79 Å². The van der Waals surface area contributed by atoms with Gasteiger partial charge in [0.25, 0.3) is 0 Å². The zero-order chi connectivity index (χ0) is 19.3. The second-order valence-corrected chi connectivity index (χ2v) is 9.08. The van der Waals surface area contributed by atoms with Crippen molar-refractivity contribution in [1.82, 2.24) is 9.80 Å². The first-order valence-corrected chi connectivity index (χ1v) is 11.6. The number of hydrogen-bond acceptors (Lipinski definition) is 3. The third kappa shape index (κ3) is 4.53. The number of anilines is 1. The van der Waals surface area contributed by atoms with Crippen molar-refractivity contribution in [2.75, 3.05) is 44.2 Å². The Balaban J connectivity index is 1.31. The lowest BCUT2D eigenvalue weighted by atomic mass is 9.96. The van der Waals surface area contributed by atoms with Crippen LogP contribution >= 0.6 is 0 Å². The molecule has 0 spiro atoms. The predicted molar refractivity (Wildman–Crippen MR) is 116 cm³/mol. The fourth-order valence-electron chi connectivity index (χ4n) is 5.48. The molecule has 1 atom stereocenters. The van der Waals surface area contributed by atoms with Gasteiger partial charge in [-0.15, -0.1) is 0 Å². The molecule has 1 amide bonds. The van der Waals surface area contributed by atoms with Gasteiger partial charge in [-0.05, 0) is 44.2 Å². The normalized spacial score (nSPS) is 25.5. The minimum atomic E-state index is 0.305.